The molecule has 2 aromatic rings. The number of fused-ring (bicyclic) bond motifs is 2. The minimum Gasteiger partial charge on any atom is -0.492 e. The van der Waals surface area contributed by atoms with Crippen LogP contribution in [0.3, 0.4) is 0 Å². The summed E-state index contributed by atoms with van der Waals surface area (Å²) in [7, 11) is 0. The van der Waals surface area contributed by atoms with Gasteiger partial charge in [0.25, 0.3) is 11.8 Å². The van der Waals surface area contributed by atoms with Crippen LogP contribution in [-0.2, 0) is 22.4 Å². The van der Waals surface area contributed by atoms with Gasteiger partial charge in [-0.2, -0.15) is 0 Å². The maximum atomic E-state index is 13.1. The van der Waals surface area contributed by atoms with Gasteiger partial charge in [-0.05, 0) is 54.9 Å². The number of hydrogen-bond donors (Lipinski definition) is 1. The standard InChI is InChI=1S/C24H22N2O5/c27-20-11-10-18(22(28)25-20)26-23(29)17-6-3-7-19(21(17)24(26)30)31-13-14-8-9-15-4-1-2-5-16(15)12-14/h1-7,14,18H,8-13H2,(H,25,27,28). The molecule has 2 heterocycles. The highest BCUT2D eigenvalue weighted by Gasteiger charge is 2.46. The van der Waals surface area contributed by atoms with Crippen LogP contribution >= 0.6 is 0 Å². The zero-order valence-electron chi connectivity index (χ0n) is 16.9. The molecular weight excluding hydrogens is 396 g/mol. The van der Waals surface area contributed by atoms with Gasteiger partial charge in [-0.1, -0.05) is 30.3 Å². The molecule has 31 heavy (non-hydrogen) atoms. The molecule has 2 atom stereocenters. The van der Waals surface area contributed by atoms with E-state index in [0.717, 1.165) is 24.2 Å². The maximum Gasteiger partial charge on any atom is 0.266 e. The van der Waals surface area contributed by atoms with Crippen molar-refractivity contribution in [3.8, 4) is 5.75 Å². The second-order valence-corrected chi connectivity index (χ2v) is 8.31. The minimum atomic E-state index is -0.979. The predicted octanol–water partition coefficient (Wildman–Crippen LogP) is 2.27. The molecule has 7 heteroatoms. The molecule has 0 saturated carbocycles. The highest BCUT2D eigenvalue weighted by Crippen LogP contribution is 2.34. The number of imide groups is 2. The van der Waals surface area contributed by atoms with Gasteiger partial charge in [0.15, 0.2) is 0 Å². The number of ether oxygens (including phenoxy) is 1. The number of amides is 4. The zero-order chi connectivity index (χ0) is 21.5. The number of rotatable bonds is 4. The number of benzene rings is 2. The molecule has 0 aromatic heterocycles. The van der Waals surface area contributed by atoms with Crippen LogP contribution in [0, 0.1) is 5.92 Å². The smallest absolute Gasteiger partial charge is 0.266 e. The Labute approximate surface area is 179 Å². The van der Waals surface area contributed by atoms with Crippen molar-refractivity contribution in [3.05, 3.63) is 64.7 Å². The summed E-state index contributed by atoms with van der Waals surface area (Å²) < 4.78 is 6.05. The highest BCUT2D eigenvalue weighted by atomic mass is 16.5. The lowest BCUT2D eigenvalue weighted by atomic mass is 9.84. The van der Waals surface area contributed by atoms with Crippen LogP contribution < -0.4 is 10.1 Å². The van der Waals surface area contributed by atoms with E-state index >= 15 is 0 Å². The Balaban J connectivity index is 1.34. The fourth-order valence-corrected chi connectivity index (χ4v) is 4.73. The van der Waals surface area contributed by atoms with Crippen molar-refractivity contribution in [2.75, 3.05) is 6.61 Å². The summed E-state index contributed by atoms with van der Waals surface area (Å²) in [6, 6.07) is 12.4. The van der Waals surface area contributed by atoms with E-state index in [2.05, 4.69) is 23.5 Å². The molecular formula is C24H22N2O5. The first kappa shape index (κ1) is 19.5. The Kier molecular flexibility index (Phi) is 4.81. The molecule has 1 N–H and O–H groups in total. The number of nitrogens with zero attached hydrogens (tertiary/aromatic N) is 1. The van der Waals surface area contributed by atoms with Crippen LogP contribution in [0.5, 0.6) is 5.75 Å². The van der Waals surface area contributed by atoms with E-state index in [4.69, 9.17) is 4.74 Å². The Bertz CT molecular complexity index is 1110. The third kappa shape index (κ3) is 3.40. The van der Waals surface area contributed by atoms with Crippen LogP contribution in [0.2, 0.25) is 0 Å². The van der Waals surface area contributed by atoms with E-state index < -0.39 is 29.7 Å². The van der Waals surface area contributed by atoms with E-state index in [9.17, 15) is 19.2 Å². The molecule has 7 nitrogen and oxygen atoms in total. The van der Waals surface area contributed by atoms with Crippen molar-refractivity contribution < 1.29 is 23.9 Å². The fourth-order valence-electron chi connectivity index (χ4n) is 4.73. The van der Waals surface area contributed by atoms with E-state index in [1.165, 1.54) is 11.1 Å². The van der Waals surface area contributed by atoms with Gasteiger partial charge in [0.2, 0.25) is 11.8 Å². The second kappa shape index (κ2) is 7.65. The number of carbonyl (C=O) groups excluding carboxylic acids is 4. The van der Waals surface area contributed by atoms with Gasteiger partial charge >= 0.3 is 0 Å². The summed E-state index contributed by atoms with van der Waals surface area (Å²) in [5.74, 6) is -1.38. The van der Waals surface area contributed by atoms with E-state index in [1.807, 2.05) is 6.07 Å². The van der Waals surface area contributed by atoms with E-state index in [0.29, 0.717) is 18.3 Å². The van der Waals surface area contributed by atoms with Crippen molar-refractivity contribution in [3.63, 3.8) is 0 Å². The van der Waals surface area contributed by atoms with Gasteiger partial charge < -0.3 is 4.74 Å². The predicted molar refractivity (Wildman–Crippen MR) is 111 cm³/mol. The van der Waals surface area contributed by atoms with Crippen LogP contribution in [0.4, 0.5) is 0 Å². The third-order valence-corrected chi connectivity index (χ3v) is 6.35. The van der Waals surface area contributed by atoms with Crippen LogP contribution in [0.15, 0.2) is 42.5 Å². The molecule has 5 rings (SSSR count). The van der Waals surface area contributed by atoms with Crippen molar-refractivity contribution in [1.82, 2.24) is 10.2 Å². The van der Waals surface area contributed by atoms with Crippen molar-refractivity contribution >= 4 is 23.6 Å². The zero-order valence-corrected chi connectivity index (χ0v) is 16.9. The molecule has 0 bridgehead atoms. The monoisotopic (exact) mass is 418 g/mol. The topological polar surface area (TPSA) is 92.8 Å². The molecule has 158 valence electrons. The molecule has 3 aliphatic rings. The summed E-state index contributed by atoms with van der Waals surface area (Å²) in [4.78, 5) is 50.7. The van der Waals surface area contributed by atoms with Gasteiger partial charge in [0.1, 0.15) is 11.8 Å². The first-order chi connectivity index (χ1) is 15.0. The second-order valence-electron chi connectivity index (χ2n) is 8.31. The largest absolute Gasteiger partial charge is 0.492 e. The minimum absolute atomic E-state index is 0.0936. The lowest BCUT2D eigenvalue weighted by Gasteiger charge is -2.28. The van der Waals surface area contributed by atoms with Gasteiger partial charge in [-0.25, -0.2) is 0 Å². The number of nitrogens with one attached hydrogen (secondary N) is 1. The maximum absolute atomic E-state index is 13.1. The van der Waals surface area contributed by atoms with Crippen LogP contribution in [-0.4, -0.2) is 41.2 Å². The van der Waals surface area contributed by atoms with Crippen LogP contribution in [0.1, 0.15) is 51.1 Å². The van der Waals surface area contributed by atoms with Crippen LogP contribution in [0.25, 0.3) is 0 Å². The summed E-state index contributed by atoms with van der Waals surface area (Å²) in [5, 5.41) is 2.21. The first-order valence-corrected chi connectivity index (χ1v) is 10.6. The van der Waals surface area contributed by atoms with Gasteiger partial charge in [-0.3, -0.25) is 29.4 Å². The summed E-state index contributed by atoms with van der Waals surface area (Å²) in [6.45, 7) is 0.449. The number of carbonyl (C=O) groups is 4. The average Bonchev–Trinajstić information content (AvgIpc) is 3.03. The summed E-state index contributed by atoms with van der Waals surface area (Å²) in [5.41, 5.74) is 3.14. The number of aryl methyl sites for hydroxylation is 1. The Morgan fingerprint density at radius 2 is 1.71 bits per heavy atom. The lowest BCUT2D eigenvalue weighted by Crippen LogP contribution is -2.54. The first-order valence-electron chi connectivity index (χ1n) is 10.6. The molecule has 1 saturated heterocycles. The molecule has 1 aliphatic carbocycles. The Morgan fingerprint density at radius 3 is 2.52 bits per heavy atom. The highest BCUT2D eigenvalue weighted by molar-refractivity contribution is 6.24. The SMILES string of the molecule is O=C1CCC(N2C(=O)c3cccc(OCC4CCc5ccccc5C4)c3C2=O)C(=O)N1. The van der Waals surface area contributed by atoms with Gasteiger partial charge in [0, 0.05) is 6.42 Å². The molecule has 0 radical (unpaired) electrons. The summed E-state index contributed by atoms with van der Waals surface area (Å²) in [6.07, 6.45) is 3.14. The lowest BCUT2D eigenvalue weighted by molar-refractivity contribution is -0.136. The molecule has 2 unspecified atom stereocenters. The van der Waals surface area contributed by atoms with E-state index in [1.54, 1.807) is 18.2 Å². The van der Waals surface area contributed by atoms with Crippen molar-refractivity contribution in [2.24, 2.45) is 5.92 Å². The third-order valence-electron chi connectivity index (χ3n) is 6.35. The Hall–Kier alpha value is -3.48. The molecule has 1 fully saturated rings. The van der Waals surface area contributed by atoms with Gasteiger partial charge in [-0.15, -0.1) is 0 Å². The molecule has 4 amide bonds. The fraction of sp³-hybridized carbons (Fsp3) is 0.333. The molecule has 2 aliphatic heterocycles. The summed E-state index contributed by atoms with van der Waals surface area (Å²) >= 11 is 0. The molecule has 0 spiro atoms. The van der Waals surface area contributed by atoms with Crippen molar-refractivity contribution in [1.29, 1.82) is 0 Å². The quantitative estimate of drug-likeness (QED) is 0.769. The van der Waals surface area contributed by atoms with E-state index in [-0.39, 0.29) is 24.0 Å². The van der Waals surface area contributed by atoms with Gasteiger partial charge in [0.05, 0.1) is 17.7 Å². The van der Waals surface area contributed by atoms with Crippen molar-refractivity contribution in [2.45, 2.75) is 38.1 Å². The normalized spacial score (nSPS) is 22.8. The number of hydrogen-bond acceptors (Lipinski definition) is 5. The Morgan fingerprint density at radius 1 is 0.903 bits per heavy atom. The number of piperidine rings is 1. The average molecular weight is 418 g/mol. The molecule has 2 aromatic carbocycles.